The van der Waals surface area contributed by atoms with Crippen molar-refractivity contribution in [3.63, 3.8) is 0 Å². The van der Waals surface area contributed by atoms with Crippen molar-refractivity contribution in [2.75, 3.05) is 6.26 Å². The zero-order valence-corrected chi connectivity index (χ0v) is 12.7. The van der Waals surface area contributed by atoms with Crippen LogP contribution in [0.5, 0.6) is 0 Å². The molecule has 1 fully saturated rings. The number of carboxylic acid groups (broad SMARTS) is 1. The first kappa shape index (κ1) is 15.4. The Morgan fingerprint density at radius 2 is 2.20 bits per heavy atom. The maximum Gasteiger partial charge on any atom is 0.371 e. The molecule has 1 heterocycles. The van der Waals surface area contributed by atoms with E-state index in [1.54, 1.807) is 11.8 Å². The van der Waals surface area contributed by atoms with Crippen molar-refractivity contribution in [3.8, 4) is 0 Å². The van der Waals surface area contributed by atoms with Gasteiger partial charge in [0.1, 0.15) is 0 Å². The smallest absolute Gasteiger partial charge is 0.371 e. The van der Waals surface area contributed by atoms with Crippen LogP contribution in [0.15, 0.2) is 21.6 Å². The third-order valence-electron chi connectivity index (χ3n) is 3.34. The lowest BCUT2D eigenvalue weighted by Gasteiger charge is -2.28. The van der Waals surface area contributed by atoms with Crippen LogP contribution in [0.25, 0.3) is 0 Å². The van der Waals surface area contributed by atoms with Crippen LogP contribution in [0.4, 0.5) is 0 Å². The predicted molar refractivity (Wildman–Crippen MR) is 75.5 cm³/mol. The lowest BCUT2D eigenvalue weighted by Crippen LogP contribution is -2.38. The van der Waals surface area contributed by atoms with Gasteiger partial charge in [-0.1, -0.05) is 6.42 Å². The Morgan fingerprint density at radius 3 is 2.80 bits per heavy atom. The second-order valence-electron chi connectivity index (χ2n) is 4.77. The van der Waals surface area contributed by atoms with Crippen molar-refractivity contribution in [2.24, 2.45) is 0 Å². The maximum absolute atomic E-state index is 12.1. The van der Waals surface area contributed by atoms with E-state index in [-0.39, 0.29) is 16.9 Å². The molecule has 6 nitrogen and oxygen atoms in total. The molecule has 1 saturated carbocycles. The van der Waals surface area contributed by atoms with Gasteiger partial charge in [0.05, 0.1) is 0 Å². The zero-order chi connectivity index (χ0) is 14.8. The van der Waals surface area contributed by atoms with Gasteiger partial charge in [0.25, 0.3) is 10.0 Å². The molecule has 0 amide bonds. The molecule has 2 N–H and O–H groups in total. The molecule has 0 saturated heterocycles. The van der Waals surface area contributed by atoms with Crippen LogP contribution >= 0.6 is 11.8 Å². The second-order valence-corrected chi connectivity index (χ2v) is 7.55. The summed E-state index contributed by atoms with van der Waals surface area (Å²) in [4.78, 5) is 10.7. The summed E-state index contributed by atoms with van der Waals surface area (Å²) in [5, 5.41) is 8.85. The number of nitrogens with one attached hydrogen (secondary N) is 1. The van der Waals surface area contributed by atoms with Gasteiger partial charge in [-0.15, -0.1) is 0 Å². The molecular weight excluding hydrogens is 302 g/mol. The lowest BCUT2D eigenvalue weighted by atomic mass is 9.96. The highest BCUT2D eigenvalue weighted by atomic mass is 32.2. The summed E-state index contributed by atoms with van der Waals surface area (Å²) in [7, 11) is -3.79. The Morgan fingerprint density at radius 1 is 1.45 bits per heavy atom. The predicted octanol–water partition coefficient (Wildman–Crippen LogP) is 1.93. The minimum atomic E-state index is -3.79. The maximum atomic E-state index is 12.1. The van der Waals surface area contributed by atoms with Gasteiger partial charge < -0.3 is 9.52 Å². The molecule has 2 unspecified atom stereocenters. The Bertz CT molecular complexity index is 580. The molecule has 20 heavy (non-hydrogen) atoms. The van der Waals surface area contributed by atoms with Gasteiger partial charge in [0.15, 0.2) is 0 Å². The number of rotatable bonds is 5. The summed E-state index contributed by atoms with van der Waals surface area (Å²) in [5.41, 5.74) is 0. The van der Waals surface area contributed by atoms with Gasteiger partial charge in [-0.25, -0.2) is 17.9 Å². The topological polar surface area (TPSA) is 96.6 Å². The van der Waals surface area contributed by atoms with Gasteiger partial charge >= 0.3 is 5.97 Å². The molecule has 1 aromatic rings. The van der Waals surface area contributed by atoms with Crippen LogP contribution < -0.4 is 4.72 Å². The first-order chi connectivity index (χ1) is 9.42. The van der Waals surface area contributed by atoms with Crippen LogP contribution in [0.1, 0.15) is 36.2 Å². The normalized spacial score (nSPS) is 23.6. The van der Waals surface area contributed by atoms with E-state index in [4.69, 9.17) is 9.52 Å². The summed E-state index contributed by atoms with van der Waals surface area (Å²) in [6.07, 6.45) is 5.68. The standard InChI is InChI=1S/C12H17NO5S2/c1-19-9-4-2-3-8(7-9)13-20(16,17)11-6-5-10(18-11)12(14)15/h5-6,8-9,13H,2-4,7H2,1H3,(H,14,15). The van der Waals surface area contributed by atoms with Crippen molar-refractivity contribution in [2.45, 2.75) is 42.1 Å². The zero-order valence-electron chi connectivity index (χ0n) is 11.0. The third kappa shape index (κ3) is 3.56. The third-order valence-corrected chi connectivity index (χ3v) is 5.83. The molecule has 1 aliphatic rings. The molecule has 1 aromatic heterocycles. The van der Waals surface area contributed by atoms with Crippen LogP contribution in [0.3, 0.4) is 0 Å². The van der Waals surface area contributed by atoms with Crippen molar-refractivity contribution in [1.82, 2.24) is 4.72 Å². The number of aromatic carboxylic acids is 1. The highest BCUT2D eigenvalue weighted by Gasteiger charge is 2.28. The van der Waals surface area contributed by atoms with Gasteiger partial charge in [-0.3, -0.25) is 0 Å². The summed E-state index contributed by atoms with van der Waals surface area (Å²) in [5.74, 6) is -1.66. The van der Waals surface area contributed by atoms with E-state index < -0.39 is 16.0 Å². The van der Waals surface area contributed by atoms with Crippen molar-refractivity contribution >= 4 is 27.8 Å². The van der Waals surface area contributed by atoms with E-state index in [2.05, 4.69) is 4.72 Å². The highest BCUT2D eigenvalue weighted by Crippen LogP contribution is 2.28. The fraction of sp³-hybridized carbons (Fsp3) is 0.583. The molecule has 0 aliphatic heterocycles. The average Bonchev–Trinajstić information content (AvgIpc) is 2.89. The fourth-order valence-corrected chi connectivity index (χ4v) is 4.37. The first-order valence-corrected chi connectivity index (χ1v) is 9.07. The van der Waals surface area contributed by atoms with Gasteiger partial charge in [-0.2, -0.15) is 11.8 Å². The second kappa shape index (κ2) is 6.19. The number of furan rings is 1. The summed E-state index contributed by atoms with van der Waals surface area (Å²) in [6, 6.07) is 2.19. The molecule has 112 valence electrons. The van der Waals surface area contributed by atoms with Crippen LogP contribution in [-0.2, 0) is 10.0 Å². The van der Waals surface area contributed by atoms with Crippen molar-refractivity contribution in [1.29, 1.82) is 0 Å². The van der Waals surface area contributed by atoms with Gasteiger partial charge in [0, 0.05) is 11.3 Å². The Kier molecular flexibility index (Phi) is 4.77. The quantitative estimate of drug-likeness (QED) is 0.861. The number of hydrogen-bond donors (Lipinski definition) is 2. The van der Waals surface area contributed by atoms with Crippen LogP contribution in [0.2, 0.25) is 0 Å². The van der Waals surface area contributed by atoms with E-state index in [1.165, 1.54) is 6.07 Å². The van der Waals surface area contributed by atoms with Gasteiger partial charge in [-0.05, 0) is 37.7 Å². The SMILES string of the molecule is CSC1CCCC(NS(=O)(=O)c2ccc(C(=O)O)o2)C1. The molecule has 1 aliphatic carbocycles. The highest BCUT2D eigenvalue weighted by molar-refractivity contribution is 7.99. The lowest BCUT2D eigenvalue weighted by molar-refractivity contribution is 0.0656. The van der Waals surface area contributed by atoms with E-state index in [1.807, 2.05) is 6.26 Å². The van der Waals surface area contributed by atoms with Crippen LogP contribution in [-0.4, -0.2) is 37.0 Å². The molecule has 2 atom stereocenters. The van der Waals surface area contributed by atoms with Crippen molar-refractivity contribution < 1.29 is 22.7 Å². The average molecular weight is 319 g/mol. The molecule has 0 bridgehead atoms. The molecule has 0 spiro atoms. The van der Waals surface area contributed by atoms with E-state index >= 15 is 0 Å². The van der Waals surface area contributed by atoms with E-state index in [0.29, 0.717) is 5.25 Å². The first-order valence-electron chi connectivity index (χ1n) is 6.30. The van der Waals surface area contributed by atoms with Gasteiger partial charge in [0.2, 0.25) is 10.9 Å². The number of carbonyl (C=O) groups is 1. The number of carboxylic acids is 1. The Labute approximate surface area is 122 Å². The van der Waals surface area contributed by atoms with Crippen LogP contribution in [0, 0.1) is 0 Å². The largest absolute Gasteiger partial charge is 0.475 e. The molecule has 0 radical (unpaired) electrons. The summed E-state index contributed by atoms with van der Waals surface area (Å²) < 4.78 is 31.7. The molecular formula is C12H17NO5S2. The molecule has 2 rings (SSSR count). The van der Waals surface area contributed by atoms with Crippen molar-refractivity contribution in [3.05, 3.63) is 17.9 Å². The molecule has 0 aromatic carbocycles. The monoisotopic (exact) mass is 319 g/mol. The number of hydrogen-bond acceptors (Lipinski definition) is 5. The Balaban J connectivity index is 2.08. The Hall–Kier alpha value is -0.990. The number of sulfonamides is 1. The fourth-order valence-electron chi connectivity index (χ4n) is 2.32. The summed E-state index contributed by atoms with van der Waals surface area (Å²) >= 11 is 1.74. The summed E-state index contributed by atoms with van der Waals surface area (Å²) in [6.45, 7) is 0. The van der Waals surface area contributed by atoms with E-state index in [0.717, 1.165) is 31.7 Å². The molecule has 8 heteroatoms. The number of thioether (sulfide) groups is 1. The minimum Gasteiger partial charge on any atom is -0.475 e. The minimum absolute atomic E-state index is 0.121. The van der Waals surface area contributed by atoms with E-state index in [9.17, 15) is 13.2 Å².